The van der Waals surface area contributed by atoms with Crippen LogP contribution in [0.4, 0.5) is 0 Å². The van der Waals surface area contributed by atoms with Crippen molar-refractivity contribution in [2.75, 3.05) is 26.4 Å². The number of aryl methyl sites for hydroxylation is 2. The molecule has 2 rings (SSSR count). The molecule has 0 bridgehead atoms. The van der Waals surface area contributed by atoms with Crippen LogP contribution in [0, 0.1) is 13.8 Å². The fourth-order valence-electron chi connectivity index (χ4n) is 2.21. The Hall–Kier alpha value is -1.44. The van der Waals surface area contributed by atoms with E-state index in [1.807, 2.05) is 34.0 Å². The van der Waals surface area contributed by atoms with E-state index in [0.717, 1.165) is 11.4 Å². The van der Waals surface area contributed by atoms with Crippen molar-refractivity contribution in [1.82, 2.24) is 20.2 Å². The van der Waals surface area contributed by atoms with Crippen LogP contribution in [0.15, 0.2) is 28.0 Å². The van der Waals surface area contributed by atoms with Crippen molar-refractivity contribution in [3.63, 3.8) is 0 Å². The summed E-state index contributed by atoms with van der Waals surface area (Å²) >= 11 is 3.04. The summed E-state index contributed by atoms with van der Waals surface area (Å²) < 4.78 is 0. The summed E-state index contributed by atoms with van der Waals surface area (Å²) in [6.45, 7) is 4.46. The van der Waals surface area contributed by atoms with Crippen LogP contribution >= 0.6 is 23.1 Å². The largest absolute Gasteiger partial charge is 0.353 e. The van der Waals surface area contributed by atoms with Gasteiger partial charge in [-0.05, 0) is 56.4 Å². The summed E-state index contributed by atoms with van der Waals surface area (Å²) in [5.41, 5.74) is 3.07. The molecule has 1 atom stereocenters. The van der Waals surface area contributed by atoms with Crippen molar-refractivity contribution in [1.29, 1.82) is 0 Å². The maximum Gasteiger partial charge on any atom is 0.230 e. The Bertz CT molecular complexity index is 623. The Balaban J connectivity index is 1.84. The van der Waals surface area contributed by atoms with Crippen molar-refractivity contribution in [3.05, 3.63) is 39.8 Å². The Labute approximate surface area is 145 Å². The van der Waals surface area contributed by atoms with Gasteiger partial charge < -0.3 is 10.2 Å². The van der Waals surface area contributed by atoms with E-state index in [0.29, 0.717) is 17.5 Å². The number of hydrogen-bond donors (Lipinski definition) is 1. The highest BCUT2D eigenvalue weighted by molar-refractivity contribution is 7.99. The number of nitrogens with one attached hydrogen (secondary N) is 1. The summed E-state index contributed by atoms with van der Waals surface area (Å²) in [7, 11) is 4.04. The Morgan fingerprint density at radius 3 is 2.61 bits per heavy atom. The number of rotatable bonds is 7. The van der Waals surface area contributed by atoms with Crippen molar-refractivity contribution >= 4 is 29.0 Å². The van der Waals surface area contributed by atoms with Crippen LogP contribution in [0.5, 0.6) is 0 Å². The lowest BCUT2D eigenvalue weighted by Gasteiger charge is -2.23. The molecule has 0 saturated heterocycles. The standard InChI is InChI=1S/C16H22N4OS2/c1-11-7-12(2)19-16(18-11)23-10-15(21)17-8-14(20(3)4)13-5-6-22-9-13/h5-7,9,14H,8,10H2,1-4H3,(H,17,21). The average molecular weight is 351 g/mol. The number of thioether (sulfide) groups is 1. The van der Waals surface area contributed by atoms with Crippen LogP contribution in [-0.4, -0.2) is 47.2 Å². The summed E-state index contributed by atoms with van der Waals surface area (Å²) in [4.78, 5) is 22.9. The summed E-state index contributed by atoms with van der Waals surface area (Å²) in [6, 6.07) is 4.21. The summed E-state index contributed by atoms with van der Waals surface area (Å²) in [5.74, 6) is 0.326. The molecule has 1 N–H and O–H groups in total. The number of carbonyl (C=O) groups excluding carboxylic acids is 1. The highest BCUT2D eigenvalue weighted by Gasteiger charge is 2.16. The smallest absolute Gasteiger partial charge is 0.230 e. The molecule has 0 saturated carbocycles. The van der Waals surface area contributed by atoms with Crippen LogP contribution in [-0.2, 0) is 4.79 Å². The number of thiophene rings is 1. The second-order valence-electron chi connectivity index (χ2n) is 5.56. The van der Waals surface area contributed by atoms with E-state index in [9.17, 15) is 4.79 Å². The zero-order valence-electron chi connectivity index (χ0n) is 13.9. The van der Waals surface area contributed by atoms with Gasteiger partial charge in [-0.2, -0.15) is 11.3 Å². The highest BCUT2D eigenvalue weighted by atomic mass is 32.2. The number of likely N-dealkylation sites (N-methyl/N-ethyl adjacent to an activating group) is 1. The first-order valence-corrected chi connectivity index (χ1v) is 9.29. The Morgan fingerprint density at radius 1 is 1.35 bits per heavy atom. The normalized spacial score (nSPS) is 12.4. The van der Waals surface area contributed by atoms with Crippen molar-refractivity contribution < 1.29 is 4.79 Å². The highest BCUT2D eigenvalue weighted by Crippen LogP contribution is 2.20. The molecule has 0 aliphatic rings. The van der Waals surface area contributed by atoms with Crippen LogP contribution in [0.2, 0.25) is 0 Å². The molecule has 2 heterocycles. The molecule has 124 valence electrons. The molecule has 0 aliphatic carbocycles. The zero-order valence-corrected chi connectivity index (χ0v) is 15.5. The topological polar surface area (TPSA) is 58.1 Å². The molecule has 2 aromatic rings. The van der Waals surface area contributed by atoms with Gasteiger partial charge in [-0.25, -0.2) is 9.97 Å². The minimum Gasteiger partial charge on any atom is -0.353 e. The van der Waals surface area contributed by atoms with E-state index >= 15 is 0 Å². The quantitative estimate of drug-likeness (QED) is 0.614. The maximum absolute atomic E-state index is 12.1. The molecule has 7 heteroatoms. The maximum atomic E-state index is 12.1. The second kappa shape index (κ2) is 8.42. The fraction of sp³-hybridized carbons (Fsp3) is 0.438. The third kappa shape index (κ3) is 5.60. The zero-order chi connectivity index (χ0) is 16.8. The van der Waals surface area contributed by atoms with Gasteiger partial charge in [0, 0.05) is 17.9 Å². The molecule has 23 heavy (non-hydrogen) atoms. The lowest BCUT2D eigenvalue weighted by atomic mass is 10.1. The number of hydrogen-bond acceptors (Lipinski definition) is 6. The number of aromatic nitrogens is 2. The van der Waals surface area contributed by atoms with E-state index in [2.05, 4.69) is 37.0 Å². The van der Waals surface area contributed by atoms with Crippen LogP contribution in [0.3, 0.4) is 0 Å². The molecule has 1 unspecified atom stereocenters. The van der Waals surface area contributed by atoms with Gasteiger partial charge in [0.25, 0.3) is 0 Å². The molecule has 0 aromatic carbocycles. The summed E-state index contributed by atoms with van der Waals surface area (Å²) in [6.07, 6.45) is 0. The Kier molecular flexibility index (Phi) is 6.56. The molecule has 0 radical (unpaired) electrons. The van der Waals surface area contributed by atoms with Gasteiger partial charge in [-0.1, -0.05) is 11.8 Å². The first kappa shape index (κ1) is 17.9. The molecule has 2 aromatic heterocycles. The number of nitrogens with zero attached hydrogens (tertiary/aromatic N) is 3. The second-order valence-corrected chi connectivity index (χ2v) is 7.28. The minimum atomic E-state index is -0.000149. The molecular weight excluding hydrogens is 328 g/mol. The van der Waals surface area contributed by atoms with Gasteiger partial charge in [-0.15, -0.1) is 0 Å². The fourth-order valence-corrected chi connectivity index (χ4v) is 3.70. The van der Waals surface area contributed by atoms with Crippen molar-refractivity contribution in [2.45, 2.75) is 25.0 Å². The van der Waals surface area contributed by atoms with E-state index in [1.54, 1.807) is 11.3 Å². The van der Waals surface area contributed by atoms with Gasteiger partial charge in [-0.3, -0.25) is 4.79 Å². The third-order valence-corrected chi connectivity index (χ3v) is 4.89. The van der Waals surface area contributed by atoms with E-state index in [-0.39, 0.29) is 11.9 Å². The van der Waals surface area contributed by atoms with Gasteiger partial charge in [0.05, 0.1) is 11.8 Å². The summed E-state index contributed by atoms with van der Waals surface area (Å²) in [5, 5.41) is 7.83. The Morgan fingerprint density at radius 2 is 2.04 bits per heavy atom. The van der Waals surface area contributed by atoms with Crippen LogP contribution in [0.25, 0.3) is 0 Å². The van der Waals surface area contributed by atoms with Crippen LogP contribution in [0.1, 0.15) is 23.0 Å². The van der Waals surface area contributed by atoms with E-state index < -0.39 is 0 Å². The van der Waals surface area contributed by atoms with Crippen molar-refractivity contribution in [3.8, 4) is 0 Å². The number of carbonyl (C=O) groups is 1. The SMILES string of the molecule is Cc1cc(C)nc(SCC(=O)NCC(c2ccsc2)N(C)C)n1. The van der Waals surface area contributed by atoms with Gasteiger partial charge in [0.15, 0.2) is 5.16 Å². The molecule has 0 aliphatic heterocycles. The number of amides is 1. The first-order valence-electron chi connectivity index (χ1n) is 7.36. The molecule has 5 nitrogen and oxygen atoms in total. The predicted molar refractivity (Wildman–Crippen MR) is 96.0 cm³/mol. The average Bonchev–Trinajstić information content (AvgIpc) is 2.98. The van der Waals surface area contributed by atoms with Crippen molar-refractivity contribution in [2.24, 2.45) is 0 Å². The molecule has 0 spiro atoms. The lowest BCUT2D eigenvalue weighted by Crippen LogP contribution is -2.35. The monoisotopic (exact) mass is 350 g/mol. The van der Waals surface area contributed by atoms with Gasteiger partial charge in [0.1, 0.15) is 0 Å². The third-order valence-electron chi connectivity index (χ3n) is 3.34. The first-order chi connectivity index (χ1) is 11.0. The molecular formula is C16H22N4OS2. The minimum absolute atomic E-state index is 0.000149. The molecule has 0 fully saturated rings. The van der Waals surface area contributed by atoms with Gasteiger partial charge in [0.2, 0.25) is 5.91 Å². The van der Waals surface area contributed by atoms with Crippen LogP contribution < -0.4 is 5.32 Å². The van der Waals surface area contributed by atoms with E-state index in [1.165, 1.54) is 17.3 Å². The lowest BCUT2D eigenvalue weighted by molar-refractivity contribution is -0.118. The predicted octanol–water partition coefficient (Wildman–Crippen LogP) is 2.67. The molecule has 1 amide bonds. The van der Waals surface area contributed by atoms with E-state index in [4.69, 9.17) is 0 Å². The van der Waals surface area contributed by atoms with Gasteiger partial charge >= 0.3 is 0 Å².